The zero-order valence-corrected chi connectivity index (χ0v) is 11.0. The van der Waals surface area contributed by atoms with E-state index in [4.69, 9.17) is 0 Å². The van der Waals surface area contributed by atoms with E-state index in [1.807, 2.05) is 18.2 Å². The zero-order chi connectivity index (χ0) is 13.2. The number of hydrogen-bond acceptors (Lipinski definition) is 3. The molecule has 4 heteroatoms. The molecular weight excluding hydrogens is 228 g/mol. The molecule has 0 spiro atoms. The van der Waals surface area contributed by atoms with Crippen LogP contribution in [0.4, 0.5) is 0 Å². The summed E-state index contributed by atoms with van der Waals surface area (Å²) >= 11 is 0. The van der Waals surface area contributed by atoms with Gasteiger partial charge in [-0.05, 0) is 38.8 Å². The molecule has 1 saturated heterocycles. The molecule has 0 radical (unpaired) electrons. The van der Waals surface area contributed by atoms with E-state index in [1.165, 1.54) is 0 Å². The van der Waals surface area contributed by atoms with Gasteiger partial charge < -0.3 is 10.0 Å². The Balaban J connectivity index is 2.07. The van der Waals surface area contributed by atoms with Crippen molar-refractivity contribution in [3.05, 3.63) is 30.1 Å². The summed E-state index contributed by atoms with van der Waals surface area (Å²) in [6, 6.07) is 5.57. The van der Waals surface area contributed by atoms with Crippen molar-refractivity contribution in [2.24, 2.45) is 0 Å². The summed E-state index contributed by atoms with van der Waals surface area (Å²) in [4.78, 5) is 18.3. The lowest BCUT2D eigenvalue weighted by Crippen LogP contribution is -2.55. The second kappa shape index (κ2) is 5.06. The molecule has 1 aromatic rings. The van der Waals surface area contributed by atoms with Gasteiger partial charge in [-0.1, -0.05) is 6.07 Å². The van der Waals surface area contributed by atoms with Crippen LogP contribution in [0.1, 0.15) is 32.4 Å². The highest BCUT2D eigenvalue weighted by molar-refractivity contribution is 5.79. The lowest BCUT2D eigenvalue weighted by atomic mass is 9.88. The Hall–Kier alpha value is -1.42. The highest BCUT2D eigenvalue weighted by Crippen LogP contribution is 2.28. The van der Waals surface area contributed by atoms with Crippen molar-refractivity contribution in [1.82, 2.24) is 9.88 Å². The highest BCUT2D eigenvalue weighted by atomic mass is 16.3. The summed E-state index contributed by atoms with van der Waals surface area (Å²) < 4.78 is 0. The number of amides is 1. The number of aliphatic hydroxyl groups excluding tert-OH is 1. The van der Waals surface area contributed by atoms with E-state index in [0.717, 1.165) is 18.5 Å². The third kappa shape index (κ3) is 2.88. The van der Waals surface area contributed by atoms with E-state index < -0.39 is 6.10 Å². The molecule has 0 aliphatic carbocycles. The first-order valence-corrected chi connectivity index (χ1v) is 6.37. The molecule has 1 amide bonds. The molecule has 1 unspecified atom stereocenters. The number of piperidine rings is 1. The minimum Gasteiger partial charge on any atom is -0.391 e. The van der Waals surface area contributed by atoms with E-state index in [-0.39, 0.29) is 11.4 Å². The number of likely N-dealkylation sites (tertiary alicyclic amines) is 1. The number of nitrogens with zero attached hydrogens (tertiary/aromatic N) is 2. The summed E-state index contributed by atoms with van der Waals surface area (Å²) in [5, 5.41) is 9.72. The Morgan fingerprint density at radius 2 is 2.33 bits per heavy atom. The Morgan fingerprint density at radius 1 is 1.56 bits per heavy atom. The van der Waals surface area contributed by atoms with E-state index in [2.05, 4.69) is 18.8 Å². The van der Waals surface area contributed by atoms with Crippen molar-refractivity contribution in [1.29, 1.82) is 0 Å². The minimum absolute atomic E-state index is 0.0393. The van der Waals surface area contributed by atoms with E-state index in [1.54, 1.807) is 11.1 Å². The molecule has 1 aliphatic heterocycles. The number of carbonyl (C=O) groups excluding carboxylic acids is 1. The molecular formula is C14H20N2O2. The summed E-state index contributed by atoms with van der Waals surface area (Å²) in [5.41, 5.74) is 0.601. The first kappa shape index (κ1) is 13.0. The second-order valence-corrected chi connectivity index (χ2v) is 5.51. The predicted molar refractivity (Wildman–Crippen MR) is 69.0 cm³/mol. The number of aromatic nitrogens is 1. The van der Waals surface area contributed by atoms with E-state index in [9.17, 15) is 9.90 Å². The molecule has 0 saturated carbocycles. The molecule has 1 atom stereocenters. The fraction of sp³-hybridized carbons (Fsp3) is 0.571. The topological polar surface area (TPSA) is 53.4 Å². The summed E-state index contributed by atoms with van der Waals surface area (Å²) in [7, 11) is 0. The van der Waals surface area contributed by atoms with Gasteiger partial charge in [0.15, 0.2) is 0 Å². The van der Waals surface area contributed by atoms with Gasteiger partial charge >= 0.3 is 0 Å². The molecule has 2 rings (SSSR count). The standard InChI is InChI=1S/C14H20N2O2/c1-14(2)7-6-12(17)10-16(14)13(18)9-11-5-3-4-8-15-11/h3-5,8,12,17H,6-7,9-10H2,1-2H3. The van der Waals surface area contributed by atoms with Crippen LogP contribution in [-0.2, 0) is 11.2 Å². The maximum Gasteiger partial charge on any atom is 0.229 e. The first-order valence-electron chi connectivity index (χ1n) is 6.37. The minimum atomic E-state index is -0.397. The van der Waals surface area contributed by atoms with E-state index in [0.29, 0.717) is 13.0 Å². The van der Waals surface area contributed by atoms with Gasteiger partial charge in [-0.2, -0.15) is 0 Å². The monoisotopic (exact) mass is 248 g/mol. The van der Waals surface area contributed by atoms with Crippen molar-refractivity contribution in [3.8, 4) is 0 Å². The van der Waals surface area contributed by atoms with Crippen LogP contribution in [0.5, 0.6) is 0 Å². The average molecular weight is 248 g/mol. The largest absolute Gasteiger partial charge is 0.391 e. The smallest absolute Gasteiger partial charge is 0.229 e. The van der Waals surface area contributed by atoms with Crippen LogP contribution in [0.15, 0.2) is 24.4 Å². The van der Waals surface area contributed by atoms with Crippen LogP contribution in [-0.4, -0.2) is 39.1 Å². The van der Waals surface area contributed by atoms with Crippen LogP contribution in [0.2, 0.25) is 0 Å². The first-order chi connectivity index (χ1) is 8.49. The number of aliphatic hydroxyl groups is 1. The third-order valence-electron chi connectivity index (χ3n) is 3.57. The van der Waals surface area contributed by atoms with Crippen molar-refractivity contribution in [2.45, 2.75) is 44.8 Å². The van der Waals surface area contributed by atoms with Crippen molar-refractivity contribution < 1.29 is 9.90 Å². The quantitative estimate of drug-likeness (QED) is 0.860. The lowest BCUT2D eigenvalue weighted by molar-refractivity contribution is -0.141. The second-order valence-electron chi connectivity index (χ2n) is 5.51. The molecule has 18 heavy (non-hydrogen) atoms. The fourth-order valence-corrected chi connectivity index (χ4v) is 2.40. The lowest BCUT2D eigenvalue weighted by Gasteiger charge is -2.44. The maximum absolute atomic E-state index is 12.3. The molecule has 98 valence electrons. The van der Waals surface area contributed by atoms with Gasteiger partial charge in [0.1, 0.15) is 0 Å². The highest BCUT2D eigenvalue weighted by Gasteiger charge is 2.36. The molecule has 1 fully saturated rings. The molecule has 1 aromatic heterocycles. The predicted octanol–water partition coefficient (Wildman–Crippen LogP) is 1.39. The Morgan fingerprint density at radius 3 is 3.00 bits per heavy atom. The van der Waals surface area contributed by atoms with Crippen LogP contribution in [0.25, 0.3) is 0 Å². The van der Waals surface area contributed by atoms with Gasteiger partial charge in [0.2, 0.25) is 5.91 Å². The zero-order valence-electron chi connectivity index (χ0n) is 11.0. The molecule has 1 N–H and O–H groups in total. The number of rotatable bonds is 2. The van der Waals surface area contributed by atoms with Crippen molar-refractivity contribution >= 4 is 5.91 Å². The van der Waals surface area contributed by atoms with Crippen LogP contribution in [0, 0.1) is 0 Å². The average Bonchev–Trinajstić information content (AvgIpc) is 2.33. The number of carbonyl (C=O) groups is 1. The SMILES string of the molecule is CC1(C)CCC(O)CN1C(=O)Cc1ccccn1. The summed E-state index contributed by atoms with van der Waals surface area (Å²) in [5.74, 6) is 0.0393. The Kier molecular flexibility index (Phi) is 3.66. The van der Waals surface area contributed by atoms with Gasteiger partial charge in [-0.25, -0.2) is 0 Å². The fourth-order valence-electron chi connectivity index (χ4n) is 2.40. The molecule has 0 bridgehead atoms. The summed E-state index contributed by atoms with van der Waals surface area (Å²) in [6.45, 7) is 4.53. The Labute approximate surface area is 108 Å². The van der Waals surface area contributed by atoms with Gasteiger partial charge in [0, 0.05) is 24.0 Å². The third-order valence-corrected chi connectivity index (χ3v) is 3.57. The Bertz CT molecular complexity index is 417. The van der Waals surface area contributed by atoms with E-state index >= 15 is 0 Å². The van der Waals surface area contributed by atoms with Crippen LogP contribution in [0.3, 0.4) is 0 Å². The van der Waals surface area contributed by atoms with Crippen molar-refractivity contribution in [2.75, 3.05) is 6.54 Å². The van der Waals surface area contributed by atoms with Gasteiger partial charge in [-0.3, -0.25) is 9.78 Å². The maximum atomic E-state index is 12.3. The van der Waals surface area contributed by atoms with Crippen LogP contribution >= 0.6 is 0 Å². The molecule has 4 nitrogen and oxygen atoms in total. The molecule has 0 aromatic carbocycles. The van der Waals surface area contributed by atoms with Gasteiger partial charge in [0.05, 0.1) is 12.5 Å². The van der Waals surface area contributed by atoms with Gasteiger partial charge in [-0.15, -0.1) is 0 Å². The van der Waals surface area contributed by atoms with Crippen molar-refractivity contribution in [3.63, 3.8) is 0 Å². The molecule has 2 heterocycles. The number of hydrogen-bond donors (Lipinski definition) is 1. The number of β-amino-alcohol motifs (C(OH)–C–C–N with tert-alkyl or cyclic N) is 1. The molecule has 1 aliphatic rings. The van der Waals surface area contributed by atoms with Crippen LogP contribution < -0.4 is 0 Å². The normalized spacial score (nSPS) is 22.8. The summed E-state index contributed by atoms with van der Waals surface area (Å²) in [6.07, 6.45) is 3.20. The van der Waals surface area contributed by atoms with Gasteiger partial charge in [0.25, 0.3) is 0 Å². The number of pyridine rings is 1.